The third-order valence-electron chi connectivity index (χ3n) is 3.43. The molecule has 1 saturated heterocycles. The quantitative estimate of drug-likeness (QED) is 0.703. The molecule has 1 aliphatic rings. The van der Waals surface area contributed by atoms with Crippen molar-refractivity contribution in [3.05, 3.63) is 0 Å². The third kappa shape index (κ3) is 4.54. The van der Waals surface area contributed by atoms with Crippen LogP contribution in [-0.2, 0) is 9.53 Å². The molecule has 106 valence electrons. The van der Waals surface area contributed by atoms with Crippen molar-refractivity contribution in [2.24, 2.45) is 5.92 Å². The summed E-state index contributed by atoms with van der Waals surface area (Å²) in [5.74, 6) is 0.543. The Kier molecular flexibility index (Phi) is 7.23. The fourth-order valence-electron chi connectivity index (χ4n) is 2.66. The Morgan fingerprint density at radius 2 is 1.94 bits per heavy atom. The van der Waals surface area contributed by atoms with E-state index in [9.17, 15) is 4.79 Å². The summed E-state index contributed by atoms with van der Waals surface area (Å²) >= 11 is 3.45. The third-order valence-corrected chi connectivity index (χ3v) is 4.16. The Labute approximate surface area is 119 Å². The van der Waals surface area contributed by atoms with Crippen LogP contribution in [0, 0.1) is 5.92 Å². The Bertz CT molecular complexity index is 254. The zero-order valence-electron chi connectivity index (χ0n) is 11.8. The average Bonchev–Trinajstić information content (AvgIpc) is 2.36. The fraction of sp³-hybridized carbons (Fsp3) is 0.929. The van der Waals surface area contributed by atoms with Crippen LogP contribution in [0.5, 0.6) is 0 Å². The summed E-state index contributed by atoms with van der Waals surface area (Å²) in [4.78, 5) is 14.6. The first-order valence-electron chi connectivity index (χ1n) is 7.12. The summed E-state index contributed by atoms with van der Waals surface area (Å²) in [5.41, 5.74) is 0. The van der Waals surface area contributed by atoms with Crippen molar-refractivity contribution in [3.63, 3.8) is 0 Å². The monoisotopic (exact) mass is 319 g/mol. The molecule has 0 bridgehead atoms. The lowest BCUT2D eigenvalue weighted by Crippen LogP contribution is -2.51. The highest BCUT2D eigenvalue weighted by atomic mass is 79.9. The molecule has 1 aliphatic heterocycles. The Morgan fingerprint density at radius 3 is 2.44 bits per heavy atom. The van der Waals surface area contributed by atoms with Crippen LogP contribution in [0.3, 0.4) is 0 Å². The maximum atomic E-state index is 12.5. The number of amides is 1. The molecule has 2 unspecified atom stereocenters. The van der Waals surface area contributed by atoms with Gasteiger partial charge < -0.3 is 9.64 Å². The molecule has 1 amide bonds. The van der Waals surface area contributed by atoms with E-state index in [1.54, 1.807) is 0 Å². The number of morpholine rings is 1. The number of carbonyl (C=O) groups is 1. The van der Waals surface area contributed by atoms with E-state index >= 15 is 0 Å². The number of ether oxygens (including phenoxy) is 1. The molecule has 4 heteroatoms. The van der Waals surface area contributed by atoms with Crippen LogP contribution in [0.2, 0.25) is 0 Å². The van der Waals surface area contributed by atoms with Gasteiger partial charge in [-0.1, -0.05) is 42.6 Å². The summed E-state index contributed by atoms with van der Waals surface area (Å²) in [6, 6.07) is 0. The minimum atomic E-state index is 0.140. The molecular weight excluding hydrogens is 294 g/mol. The lowest BCUT2D eigenvalue weighted by atomic mass is 9.96. The largest absolute Gasteiger partial charge is 0.371 e. The van der Waals surface area contributed by atoms with E-state index in [0.29, 0.717) is 5.91 Å². The highest BCUT2D eigenvalue weighted by molar-refractivity contribution is 9.09. The normalized spacial score (nSPS) is 24.6. The van der Waals surface area contributed by atoms with Gasteiger partial charge in [-0.2, -0.15) is 0 Å². The van der Waals surface area contributed by atoms with Crippen LogP contribution in [0.25, 0.3) is 0 Å². The molecule has 0 radical (unpaired) electrons. The molecule has 0 spiro atoms. The number of rotatable bonds is 6. The smallest absolute Gasteiger partial charge is 0.225 e. The van der Waals surface area contributed by atoms with Gasteiger partial charge in [0.25, 0.3) is 0 Å². The van der Waals surface area contributed by atoms with Crippen LogP contribution in [-0.4, -0.2) is 41.4 Å². The van der Waals surface area contributed by atoms with Gasteiger partial charge in [0.05, 0.1) is 12.2 Å². The van der Waals surface area contributed by atoms with Crippen molar-refractivity contribution in [1.82, 2.24) is 4.90 Å². The number of alkyl halides is 1. The minimum absolute atomic E-state index is 0.140. The SMILES string of the molecule is CCCC(CCC)C(=O)N1CC(C)OC(CBr)C1. The predicted octanol–water partition coefficient (Wildman–Crippen LogP) is 3.21. The maximum absolute atomic E-state index is 12.5. The van der Waals surface area contributed by atoms with Crippen LogP contribution >= 0.6 is 15.9 Å². The van der Waals surface area contributed by atoms with Gasteiger partial charge in [-0.15, -0.1) is 0 Å². The lowest BCUT2D eigenvalue weighted by Gasteiger charge is -2.38. The van der Waals surface area contributed by atoms with Gasteiger partial charge in [0.1, 0.15) is 0 Å². The standard InChI is InChI=1S/C14H26BrNO2/c1-4-6-12(7-5-2)14(17)16-9-11(3)18-13(8-15)10-16/h11-13H,4-10H2,1-3H3. The number of hydrogen-bond donors (Lipinski definition) is 0. The average molecular weight is 320 g/mol. The van der Waals surface area contributed by atoms with E-state index in [1.807, 2.05) is 11.8 Å². The van der Waals surface area contributed by atoms with Crippen LogP contribution in [0.4, 0.5) is 0 Å². The zero-order valence-corrected chi connectivity index (χ0v) is 13.4. The number of halogens is 1. The molecule has 0 aromatic carbocycles. The number of hydrogen-bond acceptors (Lipinski definition) is 2. The zero-order chi connectivity index (χ0) is 13.5. The molecule has 0 N–H and O–H groups in total. The first-order valence-corrected chi connectivity index (χ1v) is 8.24. The molecule has 3 nitrogen and oxygen atoms in total. The van der Waals surface area contributed by atoms with Crippen LogP contribution in [0.1, 0.15) is 46.5 Å². The summed E-state index contributed by atoms with van der Waals surface area (Å²) < 4.78 is 5.77. The molecule has 1 rings (SSSR count). The topological polar surface area (TPSA) is 29.5 Å². The first kappa shape index (κ1) is 16.0. The molecule has 18 heavy (non-hydrogen) atoms. The van der Waals surface area contributed by atoms with E-state index in [1.165, 1.54) is 0 Å². The van der Waals surface area contributed by atoms with Crippen molar-refractivity contribution >= 4 is 21.8 Å². The molecule has 0 saturated carbocycles. The Balaban J connectivity index is 2.62. The van der Waals surface area contributed by atoms with Crippen LogP contribution in [0.15, 0.2) is 0 Å². The second-order valence-corrected chi connectivity index (χ2v) is 5.89. The predicted molar refractivity (Wildman–Crippen MR) is 78.0 cm³/mol. The second kappa shape index (κ2) is 8.16. The summed E-state index contributed by atoms with van der Waals surface area (Å²) in [6.07, 6.45) is 4.47. The molecule has 2 atom stereocenters. The molecule has 0 aromatic rings. The van der Waals surface area contributed by atoms with Gasteiger partial charge >= 0.3 is 0 Å². The van der Waals surface area contributed by atoms with E-state index < -0.39 is 0 Å². The number of nitrogens with zero attached hydrogens (tertiary/aromatic N) is 1. The highest BCUT2D eigenvalue weighted by Crippen LogP contribution is 2.20. The van der Waals surface area contributed by atoms with E-state index in [4.69, 9.17) is 4.74 Å². The fourth-order valence-corrected chi connectivity index (χ4v) is 3.01. The first-order chi connectivity index (χ1) is 8.62. The van der Waals surface area contributed by atoms with Crippen molar-refractivity contribution in [3.8, 4) is 0 Å². The molecular formula is C14H26BrNO2. The van der Waals surface area contributed by atoms with E-state index in [0.717, 1.165) is 44.1 Å². The van der Waals surface area contributed by atoms with Gasteiger partial charge in [-0.3, -0.25) is 4.79 Å². The molecule has 1 fully saturated rings. The molecule has 1 heterocycles. The Hall–Kier alpha value is -0.0900. The van der Waals surface area contributed by atoms with Crippen LogP contribution < -0.4 is 0 Å². The minimum Gasteiger partial charge on any atom is -0.371 e. The number of carbonyl (C=O) groups excluding carboxylic acids is 1. The summed E-state index contributed by atoms with van der Waals surface area (Å²) in [6.45, 7) is 7.83. The van der Waals surface area contributed by atoms with Gasteiger partial charge in [0.15, 0.2) is 0 Å². The van der Waals surface area contributed by atoms with Crippen molar-refractivity contribution < 1.29 is 9.53 Å². The van der Waals surface area contributed by atoms with Gasteiger partial charge in [-0.25, -0.2) is 0 Å². The summed E-state index contributed by atoms with van der Waals surface area (Å²) in [5, 5.41) is 0.799. The van der Waals surface area contributed by atoms with Gasteiger partial charge in [-0.05, 0) is 19.8 Å². The second-order valence-electron chi connectivity index (χ2n) is 5.24. The summed E-state index contributed by atoms with van der Waals surface area (Å²) in [7, 11) is 0. The van der Waals surface area contributed by atoms with E-state index in [2.05, 4.69) is 29.8 Å². The van der Waals surface area contributed by atoms with Gasteiger partial charge in [0.2, 0.25) is 5.91 Å². The maximum Gasteiger partial charge on any atom is 0.225 e. The van der Waals surface area contributed by atoms with E-state index in [-0.39, 0.29) is 18.1 Å². The highest BCUT2D eigenvalue weighted by Gasteiger charge is 2.30. The molecule has 0 aliphatic carbocycles. The van der Waals surface area contributed by atoms with Crippen molar-refractivity contribution in [2.75, 3.05) is 18.4 Å². The van der Waals surface area contributed by atoms with Crippen molar-refractivity contribution in [1.29, 1.82) is 0 Å². The van der Waals surface area contributed by atoms with Gasteiger partial charge in [0, 0.05) is 24.3 Å². The molecule has 0 aromatic heterocycles. The van der Waals surface area contributed by atoms with Crippen molar-refractivity contribution in [2.45, 2.75) is 58.7 Å². The Morgan fingerprint density at radius 1 is 1.33 bits per heavy atom. The lowest BCUT2D eigenvalue weighted by molar-refractivity contribution is -0.147.